The molecule has 0 unspecified atom stereocenters. The number of aryl methyl sites for hydroxylation is 2. The van der Waals surface area contributed by atoms with Gasteiger partial charge in [0, 0.05) is 11.3 Å². The standard InChI is InChI=1S/C21H17ClN4O/c1-14-8-10-17(11-9-14)24-21(27)16(13-23)12-19-15(2)25-26(20(19)22)18-6-4-3-5-7-18/h3-12H,1-2H3,(H,24,27)/b16-12+. The van der Waals surface area contributed by atoms with E-state index >= 15 is 0 Å². The van der Waals surface area contributed by atoms with Crippen LogP contribution in [0.2, 0.25) is 5.15 Å². The van der Waals surface area contributed by atoms with Crippen LogP contribution in [0.25, 0.3) is 11.8 Å². The molecule has 0 saturated heterocycles. The minimum atomic E-state index is -0.496. The van der Waals surface area contributed by atoms with Crippen LogP contribution in [0, 0.1) is 25.2 Å². The first-order chi connectivity index (χ1) is 13.0. The second-order valence-corrected chi connectivity index (χ2v) is 6.39. The summed E-state index contributed by atoms with van der Waals surface area (Å²) in [5.74, 6) is -0.496. The van der Waals surface area contributed by atoms with Crippen LogP contribution in [0.15, 0.2) is 60.2 Å². The third kappa shape index (κ3) is 4.08. The Bertz CT molecular complexity index is 1040. The number of para-hydroxylation sites is 1. The fourth-order valence-electron chi connectivity index (χ4n) is 2.54. The predicted octanol–water partition coefficient (Wildman–Crippen LogP) is 4.69. The first-order valence-corrected chi connectivity index (χ1v) is 8.67. The number of rotatable bonds is 4. The van der Waals surface area contributed by atoms with Crippen LogP contribution in [0.1, 0.15) is 16.8 Å². The Morgan fingerprint density at radius 1 is 1.15 bits per heavy atom. The average Bonchev–Trinajstić information content (AvgIpc) is 2.96. The quantitative estimate of drug-likeness (QED) is 0.530. The van der Waals surface area contributed by atoms with Gasteiger partial charge in [-0.2, -0.15) is 10.4 Å². The van der Waals surface area contributed by atoms with Gasteiger partial charge in [-0.05, 0) is 44.2 Å². The van der Waals surface area contributed by atoms with E-state index in [1.165, 1.54) is 6.08 Å². The van der Waals surface area contributed by atoms with E-state index in [4.69, 9.17) is 11.6 Å². The maximum Gasteiger partial charge on any atom is 0.266 e. The Morgan fingerprint density at radius 3 is 2.44 bits per heavy atom. The molecule has 3 aromatic rings. The zero-order chi connectivity index (χ0) is 19.4. The number of hydrogen-bond donors (Lipinski definition) is 1. The van der Waals surface area contributed by atoms with Crippen LogP contribution in [0.3, 0.4) is 0 Å². The van der Waals surface area contributed by atoms with Gasteiger partial charge in [-0.3, -0.25) is 4.79 Å². The molecule has 0 atom stereocenters. The number of carbonyl (C=O) groups excluding carboxylic acids is 1. The molecule has 0 spiro atoms. The van der Waals surface area contributed by atoms with E-state index in [1.54, 1.807) is 23.7 Å². The average molecular weight is 377 g/mol. The van der Waals surface area contributed by atoms with Crippen molar-refractivity contribution in [2.24, 2.45) is 0 Å². The molecule has 134 valence electrons. The highest BCUT2D eigenvalue weighted by Crippen LogP contribution is 2.26. The first-order valence-electron chi connectivity index (χ1n) is 8.30. The van der Waals surface area contributed by atoms with Gasteiger partial charge in [0.2, 0.25) is 0 Å². The van der Waals surface area contributed by atoms with E-state index in [0.717, 1.165) is 11.3 Å². The lowest BCUT2D eigenvalue weighted by atomic mass is 10.1. The van der Waals surface area contributed by atoms with E-state index in [9.17, 15) is 10.1 Å². The van der Waals surface area contributed by atoms with Crippen LogP contribution < -0.4 is 5.32 Å². The molecular weight excluding hydrogens is 360 g/mol. The SMILES string of the molecule is Cc1ccc(NC(=O)/C(C#N)=C/c2c(C)nn(-c3ccccc3)c2Cl)cc1. The van der Waals surface area contributed by atoms with Crippen molar-refractivity contribution >= 4 is 29.3 Å². The molecule has 1 heterocycles. The van der Waals surface area contributed by atoms with E-state index in [-0.39, 0.29) is 5.57 Å². The number of halogens is 1. The summed E-state index contributed by atoms with van der Waals surface area (Å²) in [6.07, 6.45) is 1.47. The van der Waals surface area contributed by atoms with Gasteiger partial charge in [0.15, 0.2) is 0 Å². The fourth-order valence-corrected chi connectivity index (χ4v) is 2.87. The number of aromatic nitrogens is 2. The van der Waals surface area contributed by atoms with Gasteiger partial charge in [0.05, 0.1) is 11.4 Å². The summed E-state index contributed by atoms with van der Waals surface area (Å²) in [7, 11) is 0. The number of nitrogens with one attached hydrogen (secondary N) is 1. The molecule has 1 amide bonds. The van der Waals surface area contributed by atoms with Gasteiger partial charge in [-0.25, -0.2) is 4.68 Å². The molecule has 0 aliphatic rings. The zero-order valence-electron chi connectivity index (χ0n) is 14.9. The Labute approximate surface area is 162 Å². The highest BCUT2D eigenvalue weighted by Gasteiger charge is 2.16. The Morgan fingerprint density at radius 2 is 1.81 bits per heavy atom. The summed E-state index contributed by atoms with van der Waals surface area (Å²) < 4.78 is 1.58. The maximum absolute atomic E-state index is 12.5. The third-order valence-corrected chi connectivity index (χ3v) is 4.38. The molecule has 0 bridgehead atoms. The lowest BCUT2D eigenvalue weighted by molar-refractivity contribution is -0.112. The van der Waals surface area contributed by atoms with Crippen LogP contribution in [0.4, 0.5) is 5.69 Å². The van der Waals surface area contributed by atoms with Crippen molar-refractivity contribution in [3.05, 3.63) is 82.1 Å². The molecule has 1 N–H and O–H groups in total. The monoisotopic (exact) mass is 376 g/mol. The summed E-state index contributed by atoms with van der Waals surface area (Å²) in [6.45, 7) is 3.74. The molecule has 0 saturated carbocycles. The van der Waals surface area contributed by atoms with Gasteiger partial charge >= 0.3 is 0 Å². The summed E-state index contributed by atoms with van der Waals surface area (Å²) in [5.41, 5.74) is 3.62. The van der Waals surface area contributed by atoms with Crippen molar-refractivity contribution in [1.82, 2.24) is 9.78 Å². The third-order valence-electron chi connectivity index (χ3n) is 4.01. The van der Waals surface area contributed by atoms with E-state index in [0.29, 0.717) is 22.1 Å². The smallest absolute Gasteiger partial charge is 0.266 e. The van der Waals surface area contributed by atoms with Crippen LogP contribution in [-0.2, 0) is 4.79 Å². The van der Waals surface area contributed by atoms with Gasteiger partial charge in [-0.1, -0.05) is 47.5 Å². The first kappa shape index (κ1) is 18.4. The van der Waals surface area contributed by atoms with Gasteiger partial charge < -0.3 is 5.32 Å². The summed E-state index contributed by atoms with van der Waals surface area (Å²) in [5, 5.41) is 16.9. The van der Waals surface area contributed by atoms with Crippen molar-refractivity contribution in [3.63, 3.8) is 0 Å². The molecule has 0 fully saturated rings. The summed E-state index contributed by atoms with van der Waals surface area (Å²) in [4.78, 5) is 12.5. The molecule has 3 rings (SSSR count). The molecule has 1 aromatic heterocycles. The van der Waals surface area contributed by atoms with Crippen molar-refractivity contribution in [2.45, 2.75) is 13.8 Å². The van der Waals surface area contributed by atoms with Crippen LogP contribution >= 0.6 is 11.6 Å². The van der Waals surface area contributed by atoms with Crippen molar-refractivity contribution in [2.75, 3.05) is 5.32 Å². The minimum absolute atomic E-state index is 0.0480. The van der Waals surface area contributed by atoms with Gasteiger partial charge in [0.25, 0.3) is 5.91 Å². The van der Waals surface area contributed by atoms with E-state index < -0.39 is 5.91 Å². The van der Waals surface area contributed by atoms with Gasteiger partial charge in [0.1, 0.15) is 16.8 Å². The summed E-state index contributed by atoms with van der Waals surface area (Å²) >= 11 is 6.46. The predicted molar refractivity (Wildman–Crippen MR) is 107 cm³/mol. The lowest BCUT2D eigenvalue weighted by Gasteiger charge is -2.05. The minimum Gasteiger partial charge on any atom is -0.321 e. The topological polar surface area (TPSA) is 70.7 Å². The summed E-state index contributed by atoms with van der Waals surface area (Å²) in [6, 6.07) is 18.7. The largest absolute Gasteiger partial charge is 0.321 e. The number of nitriles is 1. The number of benzene rings is 2. The number of amides is 1. The Kier molecular flexibility index (Phi) is 5.39. The molecule has 2 aromatic carbocycles. The number of nitrogens with zero attached hydrogens (tertiary/aromatic N) is 3. The number of hydrogen-bond acceptors (Lipinski definition) is 3. The van der Waals surface area contributed by atoms with E-state index in [2.05, 4.69) is 10.4 Å². The highest BCUT2D eigenvalue weighted by molar-refractivity contribution is 6.31. The Balaban J connectivity index is 1.92. The van der Waals surface area contributed by atoms with Crippen molar-refractivity contribution < 1.29 is 4.79 Å². The van der Waals surface area contributed by atoms with Crippen LogP contribution in [0.5, 0.6) is 0 Å². The molecule has 0 aliphatic heterocycles. The normalized spacial score (nSPS) is 11.1. The molecule has 6 heteroatoms. The second-order valence-electron chi connectivity index (χ2n) is 6.03. The van der Waals surface area contributed by atoms with E-state index in [1.807, 2.05) is 55.5 Å². The van der Waals surface area contributed by atoms with Crippen molar-refractivity contribution in [3.8, 4) is 11.8 Å². The molecule has 0 radical (unpaired) electrons. The number of carbonyl (C=O) groups is 1. The van der Waals surface area contributed by atoms with Crippen LogP contribution in [-0.4, -0.2) is 15.7 Å². The second kappa shape index (κ2) is 7.90. The highest BCUT2D eigenvalue weighted by atomic mass is 35.5. The Hall–Kier alpha value is -3.36. The fraction of sp³-hybridized carbons (Fsp3) is 0.0952. The lowest BCUT2D eigenvalue weighted by Crippen LogP contribution is -2.13. The molecule has 27 heavy (non-hydrogen) atoms. The molecule has 5 nitrogen and oxygen atoms in total. The number of anilines is 1. The van der Waals surface area contributed by atoms with Gasteiger partial charge in [-0.15, -0.1) is 0 Å². The maximum atomic E-state index is 12.5. The van der Waals surface area contributed by atoms with Crippen molar-refractivity contribution in [1.29, 1.82) is 5.26 Å². The molecule has 0 aliphatic carbocycles. The zero-order valence-corrected chi connectivity index (χ0v) is 15.7. The molecular formula is C21H17ClN4O.